The molecule has 5 heterocycles. The van der Waals surface area contributed by atoms with Crippen molar-refractivity contribution in [3.05, 3.63) is 46.9 Å². The fourth-order valence-corrected chi connectivity index (χ4v) is 5.09. The van der Waals surface area contributed by atoms with E-state index in [0.29, 0.717) is 43.0 Å². The van der Waals surface area contributed by atoms with Gasteiger partial charge >= 0.3 is 5.69 Å². The second-order valence-electron chi connectivity index (χ2n) is 10.1. The molecule has 0 bridgehead atoms. The standard InChI is InChI=1S/C25H27F2N9O2/c1-14-8-18(15-10-30-33(2)13-15)28-11-19(14)31-23-29-12-20-21(32-23)36(24(38)34(20)3)16-4-6-35(7-5-16)22(37)17-9-25(17,26)27/h8,10-13,16-17H,4-7,9H2,1-3H3,(H,29,31,32). The van der Waals surface area contributed by atoms with Gasteiger partial charge in [-0.2, -0.15) is 10.1 Å². The quantitative estimate of drug-likeness (QED) is 0.428. The van der Waals surface area contributed by atoms with E-state index in [1.807, 2.05) is 26.2 Å². The number of hydrogen-bond donors (Lipinski definition) is 1. The summed E-state index contributed by atoms with van der Waals surface area (Å²) in [6, 6.07) is 1.74. The Labute approximate surface area is 216 Å². The van der Waals surface area contributed by atoms with Gasteiger partial charge in [0.15, 0.2) is 5.65 Å². The molecule has 1 aliphatic carbocycles. The first-order valence-electron chi connectivity index (χ1n) is 12.5. The van der Waals surface area contributed by atoms with Gasteiger partial charge in [0.05, 0.1) is 30.0 Å². The maximum absolute atomic E-state index is 13.4. The number of amides is 1. The van der Waals surface area contributed by atoms with Crippen molar-refractivity contribution < 1.29 is 13.6 Å². The zero-order chi connectivity index (χ0) is 26.8. The topological polar surface area (TPSA) is 116 Å². The normalized spacial score (nSPS) is 19.2. The fourth-order valence-electron chi connectivity index (χ4n) is 5.09. The highest BCUT2D eigenvalue weighted by molar-refractivity contribution is 5.83. The molecule has 198 valence electrons. The number of aryl methyl sites for hydroxylation is 3. The molecule has 1 aliphatic heterocycles. The van der Waals surface area contributed by atoms with E-state index in [2.05, 4.69) is 25.4 Å². The predicted molar refractivity (Wildman–Crippen MR) is 135 cm³/mol. The number of fused-ring (bicyclic) bond motifs is 1. The van der Waals surface area contributed by atoms with Crippen molar-refractivity contribution in [1.82, 2.24) is 38.8 Å². The molecule has 13 heteroatoms. The Morgan fingerprint density at radius 3 is 2.50 bits per heavy atom. The summed E-state index contributed by atoms with van der Waals surface area (Å²) in [4.78, 5) is 40.6. The van der Waals surface area contributed by atoms with E-state index in [1.54, 1.807) is 34.9 Å². The second kappa shape index (κ2) is 8.71. The van der Waals surface area contributed by atoms with Crippen LogP contribution in [0.15, 0.2) is 35.6 Å². The van der Waals surface area contributed by atoms with Crippen LogP contribution in [-0.2, 0) is 18.9 Å². The SMILES string of the molecule is Cc1cc(-c2cnn(C)c2)ncc1Nc1ncc2c(n1)n(C1CCN(C(=O)C3CC3(F)F)CC1)c(=O)n2C. The van der Waals surface area contributed by atoms with Crippen molar-refractivity contribution in [2.45, 2.75) is 38.2 Å². The van der Waals surface area contributed by atoms with Gasteiger partial charge in [-0.05, 0) is 31.4 Å². The number of nitrogens with zero attached hydrogens (tertiary/aromatic N) is 8. The Balaban J connectivity index is 1.24. The summed E-state index contributed by atoms with van der Waals surface area (Å²) in [5.74, 6) is -4.25. The van der Waals surface area contributed by atoms with Gasteiger partial charge in [-0.25, -0.2) is 18.6 Å². The van der Waals surface area contributed by atoms with Crippen LogP contribution >= 0.6 is 0 Å². The van der Waals surface area contributed by atoms with Crippen molar-refractivity contribution >= 4 is 28.7 Å². The molecule has 38 heavy (non-hydrogen) atoms. The number of alkyl halides is 2. The first kappa shape index (κ1) is 24.2. The predicted octanol–water partition coefficient (Wildman–Crippen LogP) is 2.80. The maximum atomic E-state index is 13.4. The Hall–Kier alpha value is -4.16. The molecule has 11 nitrogen and oxygen atoms in total. The molecule has 6 rings (SSSR count). The zero-order valence-corrected chi connectivity index (χ0v) is 21.2. The molecule has 2 aliphatic rings. The van der Waals surface area contributed by atoms with Crippen molar-refractivity contribution in [2.24, 2.45) is 20.0 Å². The third-order valence-electron chi connectivity index (χ3n) is 7.46. The zero-order valence-electron chi connectivity index (χ0n) is 21.2. The summed E-state index contributed by atoms with van der Waals surface area (Å²) in [5.41, 5.74) is 4.20. The minimum Gasteiger partial charge on any atom is -0.342 e. The summed E-state index contributed by atoms with van der Waals surface area (Å²) >= 11 is 0. The van der Waals surface area contributed by atoms with Crippen LogP contribution in [-0.4, -0.2) is 63.7 Å². The first-order valence-corrected chi connectivity index (χ1v) is 12.5. The Morgan fingerprint density at radius 2 is 1.87 bits per heavy atom. The second-order valence-corrected chi connectivity index (χ2v) is 10.1. The van der Waals surface area contributed by atoms with Crippen LogP contribution in [0.3, 0.4) is 0 Å². The molecule has 1 saturated heterocycles. The van der Waals surface area contributed by atoms with Gasteiger partial charge in [-0.15, -0.1) is 0 Å². The number of carbonyl (C=O) groups excluding carboxylic acids is 1. The Morgan fingerprint density at radius 1 is 1.13 bits per heavy atom. The van der Waals surface area contributed by atoms with E-state index in [4.69, 9.17) is 0 Å². The number of imidazole rings is 1. The van der Waals surface area contributed by atoms with Crippen molar-refractivity contribution in [3.8, 4) is 11.3 Å². The first-order chi connectivity index (χ1) is 18.1. The van der Waals surface area contributed by atoms with Gasteiger partial charge in [-0.1, -0.05) is 0 Å². The molecule has 4 aromatic heterocycles. The molecular weight excluding hydrogens is 496 g/mol. The summed E-state index contributed by atoms with van der Waals surface area (Å²) in [7, 11) is 3.51. The van der Waals surface area contributed by atoms with Gasteiger partial charge in [0.2, 0.25) is 11.9 Å². The van der Waals surface area contributed by atoms with Gasteiger partial charge in [0.1, 0.15) is 11.4 Å². The van der Waals surface area contributed by atoms with Crippen LogP contribution < -0.4 is 11.0 Å². The van der Waals surface area contributed by atoms with Gasteiger partial charge in [-0.3, -0.25) is 23.6 Å². The number of carbonyl (C=O) groups is 1. The third-order valence-corrected chi connectivity index (χ3v) is 7.46. The fraction of sp³-hybridized carbons (Fsp3) is 0.440. The van der Waals surface area contributed by atoms with E-state index in [9.17, 15) is 18.4 Å². The largest absolute Gasteiger partial charge is 0.342 e. The average Bonchev–Trinajstić information content (AvgIpc) is 3.20. The van der Waals surface area contributed by atoms with Crippen molar-refractivity contribution in [2.75, 3.05) is 18.4 Å². The average molecular weight is 524 g/mol. The lowest BCUT2D eigenvalue weighted by Gasteiger charge is -2.32. The minimum atomic E-state index is -2.88. The summed E-state index contributed by atoms with van der Waals surface area (Å²) < 4.78 is 31.6. The number of anilines is 2. The van der Waals surface area contributed by atoms with E-state index >= 15 is 0 Å². The van der Waals surface area contributed by atoms with Crippen molar-refractivity contribution in [1.29, 1.82) is 0 Å². The van der Waals surface area contributed by atoms with E-state index in [-0.39, 0.29) is 18.2 Å². The monoisotopic (exact) mass is 523 g/mol. The molecule has 1 atom stereocenters. The Bertz CT molecular complexity index is 1610. The molecule has 4 aromatic rings. The highest BCUT2D eigenvalue weighted by Crippen LogP contribution is 2.49. The molecular formula is C25H27F2N9O2. The molecule has 1 unspecified atom stereocenters. The number of piperidine rings is 1. The minimum absolute atomic E-state index is 0.208. The van der Waals surface area contributed by atoms with Crippen LogP contribution in [0, 0.1) is 12.8 Å². The molecule has 0 spiro atoms. The van der Waals surface area contributed by atoms with Gasteiger partial charge in [0.25, 0.3) is 5.92 Å². The number of aromatic nitrogens is 7. The lowest BCUT2D eigenvalue weighted by molar-refractivity contribution is -0.136. The number of halogens is 2. The van der Waals surface area contributed by atoms with Crippen LogP contribution in [0.2, 0.25) is 0 Å². The lowest BCUT2D eigenvalue weighted by Crippen LogP contribution is -2.42. The smallest absolute Gasteiger partial charge is 0.330 e. The molecule has 0 radical (unpaired) electrons. The number of pyridine rings is 1. The van der Waals surface area contributed by atoms with Gasteiger partial charge in [0, 0.05) is 51.4 Å². The highest BCUT2D eigenvalue weighted by Gasteiger charge is 2.62. The Kier molecular flexibility index (Phi) is 5.54. The lowest BCUT2D eigenvalue weighted by atomic mass is 10.0. The third kappa shape index (κ3) is 4.11. The molecule has 1 N–H and O–H groups in total. The van der Waals surface area contributed by atoms with Crippen LogP contribution in [0.5, 0.6) is 0 Å². The number of hydrogen-bond acceptors (Lipinski definition) is 7. The van der Waals surface area contributed by atoms with Crippen LogP contribution in [0.4, 0.5) is 20.4 Å². The van der Waals surface area contributed by atoms with Gasteiger partial charge < -0.3 is 10.2 Å². The van der Waals surface area contributed by atoms with Crippen molar-refractivity contribution in [3.63, 3.8) is 0 Å². The maximum Gasteiger partial charge on any atom is 0.330 e. The molecule has 2 fully saturated rings. The van der Waals surface area contributed by atoms with E-state index in [1.165, 1.54) is 9.47 Å². The van der Waals surface area contributed by atoms with Crippen LogP contribution in [0.25, 0.3) is 22.4 Å². The summed E-state index contributed by atoms with van der Waals surface area (Å²) in [6.07, 6.45) is 7.54. The molecule has 1 amide bonds. The number of likely N-dealkylation sites (tertiary alicyclic amines) is 1. The number of nitrogens with one attached hydrogen (secondary N) is 1. The summed E-state index contributed by atoms with van der Waals surface area (Å²) in [6.45, 7) is 2.60. The van der Waals surface area contributed by atoms with E-state index in [0.717, 1.165) is 22.5 Å². The number of rotatable bonds is 5. The van der Waals surface area contributed by atoms with E-state index < -0.39 is 17.7 Å². The molecule has 1 saturated carbocycles. The van der Waals surface area contributed by atoms with Crippen LogP contribution in [0.1, 0.15) is 30.9 Å². The summed E-state index contributed by atoms with van der Waals surface area (Å²) in [5, 5.41) is 7.39. The molecule has 0 aromatic carbocycles. The highest BCUT2D eigenvalue weighted by atomic mass is 19.3.